The number of likely N-dealkylation sites (tertiary alicyclic amines) is 1. The van der Waals surface area contributed by atoms with E-state index >= 15 is 0 Å². The molecule has 0 N–H and O–H groups in total. The van der Waals surface area contributed by atoms with Gasteiger partial charge < -0.3 is 0 Å². The maximum absolute atomic E-state index is 13.0. The van der Waals surface area contributed by atoms with E-state index in [0.717, 1.165) is 11.4 Å². The van der Waals surface area contributed by atoms with Crippen LogP contribution in [0.4, 0.5) is 13.2 Å². The minimum atomic E-state index is -4.10. The molecule has 0 radical (unpaired) electrons. The van der Waals surface area contributed by atoms with Crippen LogP contribution in [0.5, 0.6) is 0 Å². The predicted octanol–water partition coefficient (Wildman–Crippen LogP) is 3.45. The van der Waals surface area contributed by atoms with Crippen molar-refractivity contribution in [3.8, 4) is 0 Å². The predicted molar refractivity (Wildman–Crippen MR) is 71.3 cm³/mol. The van der Waals surface area contributed by atoms with E-state index in [2.05, 4.69) is 10.00 Å². The molecule has 2 rings (SSSR count). The summed E-state index contributed by atoms with van der Waals surface area (Å²) in [5, 5.41) is 4.28. The number of aromatic nitrogens is 2. The molecule has 1 aromatic heterocycles. The molecule has 0 bridgehead atoms. The van der Waals surface area contributed by atoms with Gasteiger partial charge in [0.15, 0.2) is 0 Å². The molecule has 6 heteroatoms. The van der Waals surface area contributed by atoms with E-state index in [1.54, 1.807) is 11.7 Å². The monoisotopic (exact) mass is 289 g/mol. The van der Waals surface area contributed by atoms with E-state index in [9.17, 15) is 13.2 Å². The van der Waals surface area contributed by atoms with Crippen molar-refractivity contribution in [2.75, 3.05) is 6.54 Å². The smallest absolute Gasteiger partial charge is 0.292 e. The van der Waals surface area contributed by atoms with E-state index in [1.807, 2.05) is 26.8 Å². The largest absolute Gasteiger partial charge is 0.391 e. The van der Waals surface area contributed by atoms with Crippen LogP contribution in [0.15, 0.2) is 6.07 Å². The Morgan fingerprint density at radius 3 is 2.45 bits per heavy atom. The van der Waals surface area contributed by atoms with Crippen LogP contribution in [0.3, 0.4) is 0 Å². The van der Waals surface area contributed by atoms with Gasteiger partial charge in [0, 0.05) is 13.1 Å². The minimum absolute atomic E-state index is 0.126. The highest BCUT2D eigenvalue weighted by Gasteiger charge is 2.45. The first-order chi connectivity index (χ1) is 9.20. The van der Waals surface area contributed by atoms with Gasteiger partial charge in [0.25, 0.3) is 0 Å². The minimum Gasteiger partial charge on any atom is -0.292 e. The molecule has 1 saturated heterocycles. The van der Waals surface area contributed by atoms with Crippen LogP contribution in [0.1, 0.15) is 44.1 Å². The molecule has 2 heterocycles. The lowest BCUT2D eigenvalue weighted by molar-refractivity contribution is -0.191. The third-order valence-electron chi connectivity index (χ3n) is 4.15. The van der Waals surface area contributed by atoms with Gasteiger partial charge in [-0.2, -0.15) is 18.3 Å². The van der Waals surface area contributed by atoms with Crippen molar-refractivity contribution in [1.29, 1.82) is 0 Å². The van der Waals surface area contributed by atoms with Crippen molar-refractivity contribution >= 4 is 0 Å². The molecule has 1 aliphatic rings. The van der Waals surface area contributed by atoms with Gasteiger partial charge in [-0.1, -0.05) is 0 Å². The van der Waals surface area contributed by atoms with Gasteiger partial charge in [-0.15, -0.1) is 0 Å². The average Bonchev–Trinajstić information content (AvgIpc) is 2.66. The number of hydrogen-bond donors (Lipinski definition) is 0. The fourth-order valence-corrected chi connectivity index (χ4v) is 3.13. The molecule has 1 fully saturated rings. The molecule has 0 aliphatic carbocycles. The maximum Gasteiger partial charge on any atom is 0.391 e. The summed E-state index contributed by atoms with van der Waals surface area (Å²) >= 11 is 0. The van der Waals surface area contributed by atoms with Gasteiger partial charge in [0.1, 0.15) is 0 Å². The molecule has 2 atom stereocenters. The molecule has 3 nitrogen and oxygen atoms in total. The number of piperidine rings is 1. The lowest BCUT2D eigenvalue weighted by Crippen LogP contribution is -2.44. The second kappa shape index (κ2) is 5.39. The molecule has 0 saturated carbocycles. The normalized spacial score (nSPS) is 25.4. The zero-order valence-electron chi connectivity index (χ0n) is 12.4. The summed E-state index contributed by atoms with van der Waals surface area (Å²) in [7, 11) is 1.80. The van der Waals surface area contributed by atoms with Gasteiger partial charge in [0.05, 0.1) is 23.3 Å². The van der Waals surface area contributed by atoms with Gasteiger partial charge in [-0.25, -0.2) is 0 Å². The number of rotatable bonds is 2. The highest BCUT2D eigenvalue weighted by Crippen LogP contribution is 2.42. The Balaban J connectivity index is 2.30. The summed E-state index contributed by atoms with van der Waals surface area (Å²) < 4.78 is 40.8. The average molecular weight is 289 g/mol. The number of alkyl halides is 3. The Labute approximate surface area is 117 Å². The maximum atomic E-state index is 13.0. The Bertz CT molecular complexity index is 465. The van der Waals surface area contributed by atoms with Crippen molar-refractivity contribution in [3.63, 3.8) is 0 Å². The van der Waals surface area contributed by atoms with Gasteiger partial charge >= 0.3 is 6.18 Å². The van der Waals surface area contributed by atoms with Crippen LogP contribution in [0.2, 0.25) is 0 Å². The zero-order valence-corrected chi connectivity index (χ0v) is 12.4. The third-order valence-corrected chi connectivity index (χ3v) is 4.15. The topological polar surface area (TPSA) is 21.1 Å². The summed E-state index contributed by atoms with van der Waals surface area (Å²) in [4.78, 5) is 2.15. The lowest BCUT2D eigenvalue weighted by atomic mass is 9.87. The lowest BCUT2D eigenvalue weighted by Gasteiger charge is -2.42. The first kappa shape index (κ1) is 15.4. The summed E-state index contributed by atoms with van der Waals surface area (Å²) in [6.07, 6.45) is -3.79. The third kappa shape index (κ3) is 3.00. The zero-order chi connectivity index (χ0) is 15.1. The highest BCUT2D eigenvalue weighted by molar-refractivity contribution is 5.15. The second-order valence-electron chi connectivity index (χ2n) is 5.94. The molecule has 0 aromatic carbocycles. The second-order valence-corrected chi connectivity index (χ2v) is 5.94. The van der Waals surface area contributed by atoms with Crippen LogP contribution in [-0.4, -0.2) is 33.4 Å². The summed E-state index contributed by atoms with van der Waals surface area (Å²) in [6.45, 7) is 6.41. The molecule has 1 aliphatic heterocycles. The van der Waals surface area contributed by atoms with E-state index in [0.29, 0.717) is 6.54 Å². The molecular weight excluding hydrogens is 267 g/mol. The van der Waals surface area contributed by atoms with Gasteiger partial charge in [-0.3, -0.25) is 9.58 Å². The van der Waals surface area contributed by atoms with Crippen molar-refractivity contribution in [1.82, 2.24) is 14.7 Å². The number of nitrogens with zero attached hydrogens (tertiary/aromatic N) is 3. The fourth-order valence-electron chi connectivity index (χ4n) is 3.13. The first-order valence-electron chi connectivity index (χ1n) is 7.03. The molecular formula is C14H22F3N3. The molecule has 0 unspecified atom stereocenters. The van der Waals surface area contributed by atoms with Crippen molar-refractivity contribution < 1.29 is 13.2 Å². The van der Waals surface area contributed by atoms with E-state index in [-0.39, 0.29) is 24.9 Å². The first-order valence-corrected chi connectivity index (χ1v) is 7.03. The van der Waals surface area contributed by atoms with E-state index in [4.69, 9.17) is 0 Å². The Morgan fingerprint density at radius 2 is 2.00 bits per heavy atom. The van der Waals surface area contributed by atoms with Crippen LogP contribution < -0.4 is 0 Å². The van der Waals surface area contributed by atoms with Crippen LogP contribution in [0, 0.1) is 12.8 Å². The summed E-state index contributed by atoms with van der Waals surface area (Å²) in [5.41, 5.74) is 1.73. The van der Waals surface area contributed by atoms with Gasteiger partial charge in [0.2, 0.25) is 0 Å². The van der Waals surface area contributed by atoms with E-state index < -0.39 is 12.1 Å². The molecule has 0 spiro atoms. The summed E-state index contributed by atoms with van der Waals surface area (Å²) in [6, 6.07) is 1.92. The van der Waals surface area contributed by atoms with Crippen LogP contribution in [0.25, 0.3) is 0 Å². The number of hydrogen-bond acceptors (Lipinski definition) is 2. The Kier molecular flexibility index (Phi) is 4.14. The molecule has 20 heavy (non-hydrogen) atoms. The van der Waals surface area contributed by atoms with Crippen molar-refractivity contribution in [2.45, 2.75) is 51.9 Å². The highest BCUT2D eigenvalue weighted by atomic mass is 19.4. The SMILES string of the molecule is Cc1cc([C@@H]2C[C@H](C(F)(F)F)CCN2C(C)C)n(C)n1. The van der Waals surface area contributed by atoms with Crippen LogP contribution in [-0.2, 0) is 7.05 Å². The number of aryl methyl sites for hydroxylation is 2. The molecule has 0 amide bonds. The molecule has 1 aromatic rings. The standard InChI is InChI=1S/C14H22F3N3/c1-9(2)20-6-5-11(14(15,16)17)8-13(20)12-7-10(3)18-19(12)4/h7,9,11,13H,5-6,8H2,1-4H3/t11-,13+/m1/s1. The van der Waals surface area contributed by atoms with Crippen molar-refractivity contribution in [3.05, 3.63) is 17.5 Å². The Hall–Kier alpha value is -1.04. The Morgan fingerprint density at radius 1 is 1.35 bits per heavy atom. The van der Waals surface area contributed by atoms with Crippen LogP contribution >= 0.6 is 0 Å². The fraction of sp³-hybridized carbons (Fsp3) is 0.786. The van der Waals surface area contributed by atoms with E-state index in [1.165, 1.54) is 0 Å². The summed E-state index contributed by atoms with van der Waals surface area (Å²) in [5.74, 6) is -1.21. The van der Waals surface area contributed by atoms with Gasteiger partial charge in [-0.05, 0) is 46.2 Å². The number of halogens is 3. The van der Waals surface area contributed by atoms with Crippen molar-refractivity contribution in [2.24, 2.45) is 13.0 Å². The molecule has 114 valence electrons. The quantitative estimate of drug-likeness (QED) is 0.831.